The third-order valence-corrected chi connectivity index (χ3v) is 5.12. The summed E-state index contributed by atoms with van der Waals surface area (Å²) in [4.78, 5) is 16.3. The molecule has 8 nitrogen and oxygen atoms in total. The molecule has 12 heteroatoms. The summed E-state index contributed by atoms with van der Waals surface area (Å²) < 4.78 is 51.5. The summed E-state index contributed by atoms with van der Waals surface area (Å²) in [5.74, 6) is 0.500. The minimum atomic E-state index is -4.49. The number of hydrogen-bond donors (Lipinski definition) is 1. The molecule has 2 aromatic heterocycles. The van der Waals surface area contributed by atoms with Gasteiger partial charge in [-0.25, -0.2) is 0 Å². The fourth-order valence-electron chi connectivity index (χ4n) is 2.89. The highest BCUT2D eigenvalue weighted by Gasteiger charge is 2.31. The fraction of sp³-hybridized carbons (Fsp3) is 0.333. The number of hydrogen-bond acceptors (Lipinski definition) is 7. The summed E-state index contributed by atoms with van der Waals surface area (Å²) in [5.41, 5.74) is 0.914. The third-order valence-electron chi connectivity index (χ3n) is 4.15. The zero-order valence-corrected chi connectivity index (χ0v) is 18.7. The number of aromatic nitrogens is 4. The number of thioether (sulfide) groups is 1. The monoisotopic (exact) mass is 481 g/mol. The number of carbonyl (C=O) groups is 1. The van der Waals surface area contributed by atoms with Crippen LogP contribution in [0.25, 0.3) is 11.4 Å². The van der Waals surface area contributed by atoms with Gasteiger partial charge in [-0.05, 0) is 38.1 Å². The van der Waals surface area contributed by atoms with Crippen LogP contribution in [0.4, 0.5) is 18.9 Å². The van der Waals surface area contributed by atoms with Crippen LogP contribution in [0, 0.1) is 0 Å². The molecule has 0 aliphatic heterocycles. The Kier molecular flexibility index (Phi) is 8.15. The number of pyridine rings is 1. The van der Waals surface area contributed by atoms with Crippen LogP contribution in [0.15, 0.2) is 47.9 Å². The summed E-state index contributed by atoms with van der Waals surface area (Å²) in [6.07, 6.45) is -1.58. The van der Waals surface area contributed by atoms with E-state index in [1.54, 1.807) is 30.3 Å². The van der Waals surface area contributed by atoms with E-state index in [-0.39, 0.29) is 16.7 Å². The van der Waals surface area contributed by atoms with E-state index in [2.05, 4.69) is 20.5 Å². The van der Waals surface area contributed by atoms with E-state index >= 15 is 0 Å². The predicted octanol–water partition coefficient (Wildman–Crippen LogP) is 4.43. The first-order chi connectivity index (χ1) is 15.8. The molecule has 0 aliphatic carbocycles. The molecule has 1 N–H and O–H groups in total. The molecule has 0 saturated heterocycles. The van der Waals surface area contributed by atoms with Crippen molar-refractivity contribution in [3.05, 3.63) is 42.7 Å². The zero-order chi connectivity index (χ0) is 23.8. The Balaban J connectivity index is 1.72. The van der Waals surface area contributed by atoms with Crippen molar-refractivity contribution in [2.45, 2.75) is 31.7 Å². The average Bonchev–Trinajstić information content (AvgIpc) is 3.16. The first-order valence-corrected chi connectivity index (χ1v) is 11.0. The van der Waals surface area contributed by atoms with Crippen molar-refractivity contribution in [1.29, 1.82) is 0 Å². The molecule has 1 amide bonds. The van der Waals surface area contributed by atoms with E-state index in [0.29, 0.717) is 36.0 Å². The third kappa shape index (κ3) is 6.85. The van der Waals surface area contributed by atoms with Crippen molar-refractivity contribution in [3.8, 4) is 22.9 Å². The molecule has 0 saturated carbocycles. The van der Waals surface area contributed by atoms with E-state index in [1.165, 1.54) is 12.4 Å². The first-order valence-electron chi connectivity index (χ1n) is 10.0. The van der Waals surface area contributed by atoms with Crippen molar-refractivity contribution in [3.63, 3.8) is 0 Å². The highest BCUT2D eigenvalue weighted by atomic mass is 32.2. The lowest BCUT2D eigenvalue weighted by atomic mass is 10.2. The second kappa shape index (κ2) is 11.0. The number of nitrogens with zero attached hydrogens (tertiary/aromatic N) is 4. The summed E-state index contributed by atoms with van der Waals surface area (Å²) in [6, 6.07) is 8.05. The van der Waals surface area contributed by atoms with Gasteiger partial charge in [0, 0.05) is 29.7 Å². The average molecular weight is 482 g/mol. The molecule has 0 atom stereocenters. The highest BCUT2D eigenvalue weighted by Crippen LogP contribution is 2.31. The molecule has 33 heavy (non-hydrogen) atoms. The molecule has 0 fully saturated rings. The molecule has 0 bridgehead atoms. The van der Waals surface area contributed by atoms with Gasteiger partial charge in [-0.1, -0.05) is 11.8 Å². The number of carbonyl (C=O) groups excluding carboxylic acids is 1. The van der Waals surface area contributed by atoms with E-state index < -0.39 is 18.6 Å². The van der Waals surface area contributed by atoms with E-state index in [1.807, 2.05) is 13.8 Å². The van der Waals surface area contributed by atoms with Gasteiger partial charge < -0.3 is 14.8 Å². The SMILES string of the molecule is CCOc1ccc(NC(=O)CSc2nnc(-c3ccncc3)n2CC(F)(F)F)cc1OCC. The molecular formula is C21H22F3N5O3S. The molecule has 3 rings (SSSR count). The van der Waals surface area contributed by atoms with Crippen LogP contribution in [0.1, 0.15) is 13.8 Å². The lowest BCUT2D eigenvalue weighted by molar-refractivity contribution is -0.141. The maximum atomic E-state index is 13.2. The quantitative estimate of drug-likeness (QED) is 0.429. The van der Waals surface area contributed by atoms with Crippen LogP contribution < -0.4 is 14.8 Å². The molecule has 176 valence electrons. The summed E-state index contributed by atoms with van der Waals surface area (Å²) in [7, 11) is 0. The standard InChI is InChI=1S/C21H22F3N5O3S/c1-3-31-16-6-5-15(11-17(16)32-4-2)26-18(30)12-33-20-28-27-19(14-7-9-25-10-8-14)29(20)13-21(22,23)24/h5-11H,3-4,12-13H2,1-2H3,(H,26,30). The second-order valence-corrected chi connectivity index (χ2v) is 7.55. The number of benzene rings is 1. The molecule has 3 aromatic rings. The molecule has 2 heterocycles. The van der Waals surface area contributed by atoms with Gasteiger partial charge >= 0.3 is 6.18 Å². The number of ether oxygens (including phenoxy) is 2. The van der Waals surface area contributed by atoms with Crippen molar-refractivity contribution in [2.75, 3.05) is 24.3 Å². The maximum Gasteiger partial charge on any atom is 0.406 e. The van der Waals surface area contributed by atoms with Gasteiger partial charge in [-0.3, -0.25) is 14.3 Å². The smallest absolute Gasteiger partial charge is 0.406 e. The van der Waals surface area contributed by atoms with E-state index in [9.17, 15) is 18.0 Å². The van der Waals surface area contributed by atoms with E-state index in [0.717, 1.165) is 16.3 Å². The zero-order valence-electron chi connectivity index (χ0n) is 17.9. The Morgan fingerprint density at radius 1 is 1.06 bits per heavy atom. The van der Waals surface area contributed by atoms with Gasteiger partial charge in [-0.15, -0.1) is 10.2 Å². The first kappa shape index (κ1) is 24.4. The van der Waals surface area contributed by atoms with Gasteiger partial charge in [0.25, 0.3) is 0 Å². The summed E-state index contributed by atoms with van der Waals surface area (Å²) in [6.45, 7) is 3.28. The lowest BCUT2D eigenvalue weighted by Gasteiger charge is -2.13. The Morgan fingerprint density at radius 3 is 2.42 bits per heavy atom. The summed E-state index contributed by atoms with van der Waals surface area (Å²) in [5, 5.41) is 10.4. The van der Waals surface area contributed by atoms with Crippen LogP contribution >= 0.6 is 11.8 Å². The van der Waals surface area contributed by atoms with Gasteiger partial charge in [-0.2, -0.15) is 13.2 Å². The number of halogens is 3. The second-order valence-electron chi connectivity index (χ2n) is 6.61. The Bertz CT molecular complexity index is 1080. The minimum Gasteiger partial charge on any atom is -0.490 e. The lowest BCUT2D eigenvalue weighted by Crippen LogP contribution is -2.20. The van der Waals surface area contributed by atoms with Gasteiger partial charge in [0.05, 0.1) is 19.0 Å². The Hall–Kier alpha value is -3.28. The van der Waals surface area contributed by atoms with Gasteiger partial charge in [0.1, 0.15) is 6.54 Å². The minimum absolute atomic E-state index is 0.0176. The number of anilines is 1. The fourth-order valence-corrected chi connectivity index (χ4v) is 3.63. The normalized spacial score (nSPS) is 11.3. The highest BCUT2D eigenvalue weighted by molar-refractivity contribution is 7.99. The van der Waals surface area contributed by atoms with Crippen molar-refractivity contribution in [2.24, 2.45) is 0 Å². The number of rotatable bonds is 10. The van der Waals surface area contributed by atoms with Crippen LogP contribution in [0.2, 0.25) is 0 Å². The van der Waals surface area contributed by atoms with Crippen molar-refractivity contribution in [1.82, 2.24) is 19.7 Å². The van der Waals surface area contributed by atoms with Crippen LogP contribution in [-0.4, -0.2) is 50.8 Å². The van der Waals surface area contributed by atoms with Gasteiger partial charge in [0.2, 0.25) is 5.91 Å². The molecule has 0 radical (unpaired) electrons. The Labute approximate surface area is 192 Å². The van der Waals surface area contributed by atoms with Crippen molar-refractivity contribution < 1.29 is 27.4 Å². The largest absolute Gasteiger partial charge is 0.490 e. The van der Waals surface area contributed by atoms with Crippen LogP contribution in [0.5, 0.6) is 11.5 Å². The van der Waals surface area contributed by atoms with Crippen molar-refractivity contribution >= 4 is 23.4 Å². The summed E-state index contributed by atoms with van der Waals surface area (Å²) >= 11 is 0.862. The van der Waals surface area contributed by atoms with Crippen LogP contribution in [0.3, 0.4) is 0 Å². The van der Waals surface area contributed by atoms with E-state index in [4.69, 9.17) is 9.47 Å². The topological polar surface area (TPSA) is 91.2 Å². The molecule has 0 unspecified atom stereocenters. The number of amides is 1. The van der Waals surface area contributed by atoms with Gasteiger partial charge in [0.15, 0.2) is 22.5 Å². The molecule has 0 aliphatic rings. The molecular weight excluding hydrogens is 459 g/mol. The van der Waals surface area contributed by atoms with Crippen LogP contribution in [-0.2, 0) is 11.3 Å². The Morgan fingerprint density at radius 2 is 1.76 bits per heavy atom. The number of nitrogens with one attached hydrogen (secondary N) is 1. The molecule has 1 aromatic carbocycles. The number of alkyl halides is 3. The maximum absolute atomic E-state index is 13.2. The predicted molar refractivity (Wildman–Crippen MR) is 117 cm³/mol. The molecule has 0 spiro atoms.